The molecule has 1 aromatic heterocycles. The highest BCUT2D eigenvalue weighted by Crippen LogP contribution is 2.20. The van der Waals surface area contributed by atoms with E-state index in [-0.39, 0.29) is 30.0 Å². The molecule has 0 N–H and O–H groups in total. The molecular formula is C19H22FN3O4. The Labute approximate surface area is 156 Å². The SMILES string of the molecule is CCOC(=O)[C@H]1CCCN(C(=O)CCc2nc(-c3ccc(F)cc3)no2)C1. The van der Waals surface area contributed by atoms with Crippen molar-refractivity contribution in [1.82, 2.24) is 15.0 Å². The number of rotatable bonds is 6. The average Bonchev–Trinajstić information content (AvgIpc) is 3.16. The van der Waals surface area contributed by atoms with Gasteiger partial charge in [-0.3, -0.25) is 9.59 Å². The lowest BCUT2D eigenvalue weighted by atomic mass is 9.98. The van der Waals surface area contributed by atoms with Gasteiger partial charge in [0.15, 0.2) is 0 Å². The normalized spacial score (nSPS) is 17.0. The summed E-state index contributed by atoms with van der Waals surface area (Å²) in [6.07, 6.45) is 2.06. The molecule has 0 bridgehead atoms. The topological polar surface area (TPSA) is 85.5 Å². The van der Waals surface area contributed by atoms with Crippen LogP contribution in [0.5, 0.6) is 0 Å². The summed E-state index contributed by atoms with van der Waals surface area (Å²) in [6.45, 7) is 3.15. The maximum Gasteiger partial charge on any atom is 0.310 e. The number of nitrogens with zero attached hydrogens (tertiary/aromatic N) is 3. The third kappa shape index (κ3) is 4.90. The van der Waals surface area contributed by atoms with Crippen molar-refractivity contribution in [3.8, 4) is 11.4 Å². The van der Waals surface area contributed by atoms with Crippen LogP contribution < -0.4 is 0 Å². The first kappa shape index (κ1) is 19.0. The predicted molar refractivity (Wildman–Crippen MR) is 94.0 cm³/mol. The molecule has 1 fully saturated rings. The van der Waals surface area contributed by atoms with Crippen LogP contribution in [0.1, 0.15) is 32.1 Å². The van der Waals surface area contributed by atoms with E-state index >= 15 is 0 Å². The minimum Gasteiger partial charge on any atom is -0.466 e. The number of benzene rings is 1. The lowest BCUT2D eigenvalue weighted by molar-refractivity contribution is -0.151. The van der Waals surface area contributed by atoms with Gasteiger partial charge < -0.3 is 14.2 Å². The molecule has 1 aliphatic heterocycles. The van der Waals surface area contributed by atoms with Crippen LogP contribution in [-0.4, -0.2) is 46.6 Å². The van der Waals surface area contributed by atoms with Gasteiger partial charge in [0.2, 0.25) is 17.6 Å². The summed E-state index contributed by atoms with van der Waals surface area (Å²) in [6, 6.07) is 5.78. The van der Waals surface area contributed by atoms with Gasteiger partial charge in [0.05, 0.1) is 12.5 Å². The highest BCUT2D eigenvalue weighted by atomic mass is 19.1. The number of carbonyl (C=O) groups excluding carboxylic acids is 2. The Morgan fingerprint density at radius 2 is 2.11 bits per heavy atom. The van der Waals surface area contributed by atoms with Crippen molar-refractivity contribution in [2.75, 3.05) is 19.7 Å². The Bertz CT molecular complexity index is 791. The molecule has 0 spiro atoms. The number of hydrogen-bond acceptors (Lipinski definition) is 6. The summed E-state index contributed by atoms with van der Waals surface area (Å²) in [5.74, 6) is -0.173. The van der Waals surface area contributed by atoms with Crippen LogP contribution in [0.2, 0.25) is 0 Å². The van der Waals surface area contributed by atoms with Crippen LogP contribution in [0, 0.1) is 11.7 Å². The van der Waals surface area contributed by atoms with Crippen molar-refractivity contribution in [2.45, 2.75) is 32.6 Å². The van der Waals surface area contributed by atoms with E-state index in [1.54, 1.807) is 24.0 Å². The first-order valence-electron chi connectivity index (χ1n) is 9.09. The zero-order valence-electron chi connectivity index (χ0n) is 15.2. The average molecular weight is 375 g/mol. The molecule has 1 saturated heterocycles. The molecule has 1 aliphatic rings. The first-order valence-corrected chi connectivity index (χ1v) is 9.09. The number of aromatic nitrogens is 2. The molecule has 0 radical (unpaired) electrons. The van der Waals surface area contributed by atoms with Gasteiger partial charge in [-0.2, -0.15) is 4.98 Å². The number of hydrogen-bond donors (Lipinski definition) is 0. The highest BCUT2D eigenvalue weighted by molar-refractivity contribution is 5.78. The van der Waals surface area contributed by atoms with Crippen LogP contribution in [0.4, 0.5) is 4.39 Å². The molecule has 0 unspecified atom stereocenters. The molecule has 2 aromatic rings. The molecular weight excluding hydrogens is 353 g/mol. The lowest BCUT2D eigenvalue weighted by Gasteiger charge is -2.31. The van der Waals surface area contributed by atoms with Crippen LogP contribution in [0.25, 0.3) is 11.4 Å². The maximum absolute atomic E-state index is 13.0. The fraction of sp³-hybridized carbons (Fsp3) is 0.474. The van der Waals surface area contributed by atoms with Gasteiger partial charge in [-0.15, -0.1) is 0 Å². The summed E-state index contributed by atoms with van der Waals surface area (Å²) in [4.78, 5) is 30.3. The number of likely N-dealkylation sites (tertiary alicyclic amines) is 1. The van der Waals surface area contributed by atoms with E-state index in [9.17, 15) is 14.0 Å². The van der Waals surface area contributed by atoms with Crippen LogP contribution in [0.3, 0.4) is 0 Å². The van der Waals surface area contributed by atoms with E-state index < -0.39 is 0 Å². The van der Waals surface area contributed by atoms with E-state index in [1.807, 2.05) is 0 Å². The Kier molecular flexibility index (Phi) is 6.16. The van der Waals surface area contributed by atoms with Crippen molar-refractivity contribution in [3.63, 3.8) is 0 Å². The maximum atomic E-state index is 13.0. The number of amides is 1. The lowest BCUT2D eigenvalue weighted by Crippen LogP contribution is -2.42. The molecule has 0 saturated carbocycles. The number of piperidine rings is 1. The molecule has 1 amide bonds. The van der Waals surface area contributed by atoms with Crippen LogP contribution in [0.15, 0.2) is 28.8 Å². The third-order valence-electron chi connectivity index (χ3n) is 4.52. The fourth-order valence-electron chi connectivity index (χ4n) is 3.10. The smallest absolute Gasteiger partial charge is 0.310 e. The Hall–Kier alpha value is -2.77. The van der Waals surface area contributed by atoms with Gasteiger partial charge in [0.25, 0.3) is 0 Å². The van der Waals surface area contributed by atoms with E-state index in [0.717, 1.165) is 12.8 Å². The van der Waals surface area contributed by atoms with Crippen LogP contribution >= 0.6 is 0 Å². The van der Waals surface area contributed by atoms with Gasteiger partial charge in [0, 0.05) is 31.5 Å². The monoisotopic (exact) mass is 375 g/mol. The van der Waals surface area contributed by atoms with Gasteiger partial charge in [-0.1, -0.05) is 5.16 Å². The van der Waals surface area contributed by atoms with Crippen LogP contribution in [-0.2, 0) is 20.7 Å². The van der Waals surface area contributed by atoms with Gasteiger partial charge >= 0.3 is 5.97 Å². The predicted octanol–water partition coefficient (Wildman–Crippen LogP) is 2.61. The molecule has 0 aliphatic carbocycles. The first-order chi connectivity index (χ1) is 13.1. The molecule has 144 valence electrons. The molecule has 1 aromatic carbocycles. The number of halogens is 1. The quantitative estimate of drug-likeness (QED) is 0.722. The number of esters is 1. The van der Waals surface area contributed by atoms with Crippen molar-refractivity contribution < 1.29 is 23.2 Å². The third-order valence-corrected chi connectivity index (χ3v) is 4.52. The Morgan fingerprint density at radius 1 is 1.33 bits per heavy atom. The number of ether oxygens (including phenoxy) is 1. The van der Waals surface area contributed by atoms with Crippen molar-refractivity contribution >= 4 is 11.9 Å². The summed E-state index contributed by atoms with van der Waals surface area (Å²) in [5, 5.41) is 3.87. The van der Waals surface area contributed by atoms with E-state index in [4.69, 9.17) is 9.26 Å². The Balaban J connectivity index is 1.53. The largest absolute Gasteiger partial charge is 0.466 e. The second-order valence-corrected chi connectivity index (χ2v) is 6.45. The standard InChI is InChI=1S/C19H22FN3O4/c1-2-26-19(25)14-4-3-11-23(12-14)17(24)10-9-16-21-18(22-27-16)13-5-7-15(20)8-6-13/h5-8,14H,2-4,9-12H2,1H3/t14-/m0/s1. The number of carbonyl (C=O) groups is 2. The second-order valence-electron chi connectivity index (χ2n) is 6.45. The summed E-state index contributed by atoms with van der Waals surface area (Å²) >= 11 is 0. The van der Waals surface area contributed by atoms with Gasteiger partial charge in [-0.05, 0) is 44.0 Å². The summed E-state index contributed by atoms with van der Waals surface area (Å²) in [5.41, 5.74) is 0.644. The van der Waals surface area contributed by atoms with E-state index in [0.29, 0.717) is 43.4 Å². The molecule has 27 heavy (non-hydrogen) atoms. The van der Waals surface area contributed by atoms with Gasteiger partial charge in [0.1, 0.15) is 5.82 Å². The summed E-state index contributed by atoms with van der Waals surface area (Å²) < 4.78 is 23.2. The molecule has 1 atom stereocenters. The van der Waals surface area contributed by atoms with Crippen molar-refractivity contribution in [2.24, 2.45) is 5.92 Å². The van der Waals surface area contributed by atoms with Gasteiger partial charge in [-0.25, -0.2) is 4.39 Å². The second kappa shape index (κ2) is 8.75. The summed E-state index contributed by atoms with van der Waals surface area (Å²) in [7, 11) is 0. The number of aryl methyl sites for hydroxylation is 1. The highest BCUT2D eigenvalue weighted by Gasteiger charge is 2.29. The Morgan fingerprint density at radius 3 is 2.85 bits per heavy atom. The van der Waals surface area contributed by atoms with E-state index in [2.05, 4.69) is 10.1 Å². The minimum atomic E-state index is -0.337. The van der Waals surface area contributed by atoms with Crippen molar-refractivity contribution in [1.29, 1.82) is 0 Å². The zero-order chi connectivity index (χ0) is 19.2. The van der Waals surface area contributed by atoms with Crippen molar-refractivity contribution in [3.05, 3.63) is 36.0 Å². The zero-order valence-corrected chi connectivity index (χ0v) is 15.2. The van der Waals surface area contributed by atoms with E-state index in [1.165, 1.54) is 12.1 Å². The fourth-order valence-corrected chi connectivity index (χ4v) is 3.10. The molecule has 7 nitrogen and oxygen atoms in total. The molecule has 8 heteroatoms. The minimum absolute atomic E-state index is 0.0504. The molecule has 3 rings (SSSR count). The molecule has 2 heterocycles.